The van der Waals surface area contributed by atoms with Gasteiger partial charge in [0.05, 0.1) is 5.41 Å². The Morgan fingerprint density at radius 3 is 2.33 bits per heavy atom. The Bertz CT molecular complexity index is 1770. The van der Waals surface area contributed by atoms with Gasteiger partial charge in [-0.15, -0.1) is 3.89 Å². The molecule has 45 heavy (non-hydrogen) atoms. The van der Waals surface area contributed by atoms with Crippen molar-refractivity contribution in [1.29, 1.82) is 0 Å². The van der Waals surface area contributed by atoms with Crippen molar-refractivity contribution in [2.45, 2.75) is 55.5 Å². The SMILES string of the molecule is CCNC(=O)C(=O)[N+]1(S(=O)(=O)c2ccc(F)cc2)c2ccc(C(=O)NCc3ccccc3Cl)cc2C2(CCNCC2)C1C1CC1. The molecular formula is C33H35ClFN4O5S+. The third-order valence-corrected chi connectivity index (χ3v) is 12.0. The maximum Gasteiger partial charge on any atom is 0.424 e. The van der Waals surface area contributed by atoms with Crippen molar-refractivity contribution in [3.8, 4) is 0 Å². The molecule has 0 aromatic heterocycles. The summed E-state index contributed by atoms with van der Waals surface area (Å²) in [5.41, 5.74) is 0.964. The molecule has 1 spiro atoms. The smallest absolute Gasteiger partial charge is 0.348 e. The predicted molar refractivity (Wildman–Crippen MR) is 168 cm³/mol. The molecule has 1 aliphatic carbocycles. The van der Waals surface area contributed by atoms with E-state index in [1.54, 1.807) is 25.1 Å². The Kier molecular flexibility index (Phi) is 8.32. The number of nitrogens with one attached hydrogen (secondary N) is 3. The van der Waals surface area contributed by atoms with Crippen LogP contribution in [-0.2, 0) is 31.6 Å². The molecule has 12 heteroatoms. The molecule has 3 amide bonds. The van der Waals surface area contributed by atoms with Gasteiger partial charge in [0, 0.05) is 41.2 Å². The highest BCUT2D eigenvalue weighted by Gasteiger charge is 2.75. The molecule has 236 valence electrons. The number of hydrogen-bond acceptors (Lipinski definition) is 6. The second kappa shape index (κ2) is 11.9. The van der Waals surface area contributed by atoms with Crippen molar-refractivity contribution in [2.75, 3.05) is 19.6 Å². The van der Waals surface area contributed by atoms with Crippen molar-refractivity contribution in [3.63, 3.8) is 0 Å². The maximum absolute atomic E-state index is 15.0. The van der Waals surface area contributed by atoms with Crippen LogP contribution in [0.25, 0.3) is 0 Å². The summed E-state index contributed by atoms with van der Waals surface area (Å²) in [6, 6.07) is 15.4. The molecule has 9 nitrogen and oxygen atoms in total. The Morgan fingerprint density at radius 1 is 1.00 bits per heavy atom. The number of quaternary nitrogens is 1. The zero-order valence-corrected chi connectivity index (χ0v) is 26.4. The van der Waals surface area contributed by atoms with Crippen molar-refractivity contribution >= 4 is 45.0 Å². The quantitative estimate of drug-likeness (QED) is 0.260. The zero-order chi connectivity index (χ0) is 32.0. The number of sulfonamides is 1. The van der Waals surface area contributed by atoms with Crippen LogP contribution in [0.5, 0.6) is 0 Å². The Hall–Kier alpha value is -3.64. The predicted octanol–water partition coefficient (Wildman–Crippen LogP) is 4.18. The van der Waals surface area contributed by atoms with Crippen molar-refractivity contribution < 1.29 is 27.2 Å². The fourth-order valence-corrected chi connectivity index (χ4v) is 9.73. The number of amides is 3. The number of carbonyl (C=O) groups is 3. The van der Waals surface area contributed by atoms with Crippen LogP contribution in [0.4, 0.5) is 10.1 Å². The summed E-state index contributed by atoms with van der Waals surface area (Å²) in [6.07, 6.45) is 2.40. The van der Waals surface area contributed by atoms with Gasteiger partial charge in [-0.1, -0.05) is 29.8 Å². The maximum atomic E-state index is 15.0. The summed E-state index contributed by atoms with van der Waals surface area (Å²) in [7, 11) is -4.68. The van der Waals surface area contributed by atoms with Crippen molar-refractivity contribution in [1.82, 2.24) is 19.8 Å². The van der Waals surface area contributed by atoms with Gasteiger partial charge in [-0.3, -0.25) is 9.59 Å². The zero-order valence-electron chi connectivity index (χ0n) is 24.8. The van der Waals surface area contributed by atoms with Gasteiger partial charge in [-0.05, 0) is 93.7 Å². The molecule has 2 unspecified atom stereocenters. The third-order valence-electron chi connectivity index (χ3n) is 9.40. The minimum atomic E-state index is -4.68. The summed E-state index contributed by atoms with van der Waals surface area (Å²) in [6.45, 7) is 3.10. The third kappa shape index (κ3) is 5.06. The highest BCUT2D eigenvalue weighted by atomic mass is 35.5. The van der Waals surface area contributed by atoms with E-state index in [2.05, 4.69) is 16.0 Å². The first-order chi connectivity index (χ1) is 21.6. The first-order valence-corrected chi connectivity index (χ1v) is 17.0. The second-order valence-electron chi connectivity index (χ2n) is 11.9. The average Bonchev–Trinajstić information content (AvgIpc) is 3.84. The summed E-state index contributed by atoms with van der Waals surface area (Å²) >= 11 is 6.29. The van der Waals surface area contributed by atoms with E-state index in [0.29, 0.717) is 54.9 Å². The number of nitrogens with zero attached hydrogens (tertiary/aromatic N) is 1. The Morgan fingerprint density at radius 2 is 1.69 bits per heavy atom. The lowest BCUT2D eigenvalue weighted by molar-refractivity contribution is -0.143. The van der Waals surface area contributed by atoms with Crippen molar-refractivity contribution in [3.05, 3.63) is 94.3 Å². The van der Waals surface area contributed by atoms with Crippen LogP contribution in [0.1, 0.15) is 54.1 Å². The number of likely N-dealkylation sites (N-methyl/N-ethyl adjacent to an activating group) is 1. The van der Waals surface area contributed by atoms with E-state index in [1.165, 1.54) is 12.1 Å². The van der Waals surface area contributed by atoms with Gasteiger partial charge < -0.3 is 16.0 Å². The molecule has 1 saturated carbocycles. The van der Waals surface area contributed by atoms with Crippen LogP contribution in [0.2, 0.25) is 5.02 Å². The summed E-state index contributed by atoms with van der Waals surface area (Å²) < 4.78 is 42.8. The Labute approximate surface area is 266 Å². The Balaban J connectivity index is 1.56. The average molecular weight is 654 g/mol. The molecule has 2 heterocycles. The van der Waals surface area contributed by atoms with Gasteiger partial charge in [-0.25, -0.2) is 9.18 Å². The first-order valence-electron chi connectivity index (χ1n) is 15.2. The molecule has 3 aliphatic rings. The monoisotopic (exact) mass is 653 g/mol. The molecule has 6 rings (SSSR count). The van der Waals surface area contributed by atoms with Crippen LogP contribution in [-0.4, -0.2) is 51.8 Å². The molecule has 3 N–H and O–H groups in total. The van der Waals surface area contributed by atoms with E-state index in [4.69, 9.17) is 11.6 Å². The van der Waals surface area contributed by atoms with E-state index >= 15 is 8.42 Å². The largest absolute Gasteiger partial charge is 0.424 e. The molecule has 2 aliphatic heterocycles. The molecular weight excluding hydrogens is 619 g/mol. The van der Waals surface area contributed by atoms with Gasteiger partial charge in [-0.2, -0.15) is 8.42 Å². The summed E-state index contributed by atoms with van der Waals surface area (Å²) in [4.78, 5) is 41.3. The van der Waals surface area contributed by atoms with E-state index < -0.39 is 43.0 Å². The van der Waals surface area contributed by atoms with Gasteiger partial charge in [0.25, 0.3) is 5.91 Å². The summed E-state index contributed by atoms with van der Waals surface area (Å²) in [5, 5.41) is 9.30. The van der Waals surface area contributed by atoms with Gasteiger partial charge in [0.15, 0.2) is 5.69 Å². The topological polar surface area (TPSA) is 121 Å². The molecule has 1 saturated heterocycles. The summed E-state index contributed by atoms with van der Waals surface area (Å²) in [5.74, 6) is -3.29. The van der Waals surface area contributed by atoms with E-state index in [1.807, 2.05) is 12.1 Å². The first kappa shape index (κ1) is 31.3. The normalized spacial score (nSPS) is 22.1. The van der Waals surface area contributed by atoms with Crippen LogP contribution in [0, 0.1) is 11.7 Å². The van der Waals surface area contributed by atoms with Crippen LogP contribution >= 0.6 is 11.6 Å². The van der Waals surface area contributed by atoms with Gasteiger partial charge in [0.1, 0.15) is 16.8 Å². The fraction of sp³-hybridized carbons (Fsp3) is 0.364. The minimum Gasteiger partial charge on any atom is -0.348 e. The number of piperidine rings is 1. The molecule has 2 atom stereocenters. The van der Waals surface area contributed by atoms with Crippen LogP contribution in [0.15, 0.2) is 71.6 Å². The molecule has 2 fully saturated rings. The van der Waals surface area contributed by atoms with E-state index in [0.717, 1.165) is 29.8 Å². The van der Waals surface area contributed by atoms with Crippen molar-refractivity contribution in [2.24, 2.45) is 5.92 Å². The molecule has 3 aromatic carbocycles. The molecule has 0 radical (unpaired) electrons. The number of benzene rings is 3. The number of halogens is 2. The highest BCUT2D eigenvalue weighted by Crippen LogP contribution is 2.62. The number of hydrogen-bond donors (Lipinski definition) is 3. The number of carbonyl (C=O) groups excluding carboxylic acids is 3. The number of rotatable bonds is 7. The lowest BCUT2D eigenvalue weighted by atomic mass is 9.68. The van der Waals surface area contributed by atoms with Gasteiger partial charge in [0.2, 0.25) is 0 Å². The lowest BCUT2D eigenvalue weighted by Crippen LogP contribution is -2.70. The van der Waals surface area contributed by atoms with Crippen LogP contribution in [0.3, 0.4) is 0 Å². The standard InChI is InChI=1S/C33H34ClFN4O5S/c1-2-37-31(41)32(42)39(45(43,44)25-12-10-24(35)11-13-25)28-14-9-22(30(40)38-20-23-5-3-4-6-27(23)34)19-26(28)33(15-17-36-18-16-33)29(39)21-7-8-21/h3-6,9-14,19,21,29,36H,2,7-8,15-18,20H2,1H3,(H-,37,38,40,41)/p+1. The fourth-order valence-electron chi connectivity index (χ4n) is 7.32. The minimum absolute atomic E-state index is 0.127. The van der Waals surface area contributed by atoms with E-state index in [9.17, 15) is 18.8 Å². The number of fused-ring (bicyclic) bond motifs is 2. The lowest BCUT2D eigenvalue weighted by Gasteiger charge is -2.43. The van der Waals surface area contributed by atoms with E-state index in [-0.39, 0.29) is 35.5 Å². The second-order valence-corrected chi connectivity index (χ2v) is 14.4. The van der Waals surface area contributed by atoms with Gasteiger partial charge >= 0.3 is 21.8 Å². The highest BCUT2D eigenvalue weighted by molar-refractivity contribution is 7.91. The molecule has 3 aromatic rings. The molecule has 0 bridgehead atoms. The van der Waals surface area contributed by atoms with Crippen LogP contribution < -0.4 is 19.8 Å².